The van der Waals surface area contributed by atoms with Crippen molar-refractivity contribution < 1.29 is 9.21 Å². The van der Waals surface area contributed by atoms with E-state index in [1.165, 1.54) is 5.56 Å². The molecule has 19 heavy (non-hydrogen) atoms. The zero-order valence-electron chi connectivity index (χ0n) is 10.8. The second-order valence-electron chi connectivity index (χ2n) is 4.19. The topological polar surface area (TPSA) is 54.6 Å². The van der Waals surface area contributed by atoms with Crippen LogP contribution in [0.4, 0.5) is 0 Å². The molecular formula is C15H16N2O2. The molecule has 0 unspecified atom stereocenters. The van der Waals surface area contributed by atoms with Crippen molar-refractivity contribution in [2.45, 2.75) is 19.8 Å². The molecule has 98 valence electrons. The van der Waals surface area contributed by atoms with E-state index in [1.54, 1.807) is 25.3 Å². The van der Waals surface area contributed by atoms with Gasteiger partial charge in [0.1, 0.15) is 5.76 Å². The Kier molecular flexibility index (Phi) is 4.50. The molecule has 0 radical (unpaired) electrons. The number of carbonyl (C=O) groups excluding carboxylic acids is 1. The van der Waals surface area contributed by atoms with Gasteiger partial charge in [-0.05, 0) is 37.5 Å². The summed E-state index contributed by atoms with van der Waals surface area (Å²) in [6, 6.07) is 13.5. The van der Waals surface area contributed by atoms with Crippen molar-refractivity contribution in [1.29, 1.82) is 0 Å². The van der Waals surface area contributed by atoms with Crippen molar-refractivity contribution in [2.75, 3.05) is 0 Å². The molecule has 0 spiro atoms. The summed E-state index contributed by atoms with van der Waals surface area (Å²) in [6.45, 7) is 1.79. The van der Waals surface area contributed by atoms with Crippen LogP contribution in [0.25, 0.3) is 0 Å². The van der Waals surface area contributed by atoms with E-state index in [0.717, 1.165) is 12.8 Å². The Morgan fingerprint density at radius 3 is 2.74 bits per heavy atom. The zero-order valence-corrected chi connectivity index (χ0v) is 10.8. The van der Waals surface area contributed by atoms with E-state index < -0.39 is 0 Å². The van der Waals surface area contributed by atoms with Gasteiger partial charge in [-0.15, -0.1) is 0 Å². The van der Waals surface area contributed by atoms with Crippen LogP contribution in [0.15, 0.2) is 52.0 Å². The first-order valence-electron chi connectivity index (χ1n) is 6.18. The van der Waals surface area contributed by atoms with Gasteiger partial charge in [0.25, 0.3) is 0 Å². The summed E-state index contributed by atoms with van der Waals surface area (Å²) in [5.41, 5.74) is 3.69. The molecule has 1 amide bonds. The second kappa shape index (κ2) is 6.54. The van der Waals surface area contributed by atoms with Crippen LogP contribution in [0.2, 0.25) is 0 Å². The van der Waals surface area contributed by atoms with E-state index in [9.17, 15) is 4.79 Å². The largest absolute Gasteiger partial charge is 0.456 e. The molecule has 0 aliphatic carbocycles. The van der Waals surface area contributed by atoms with Crippen molar-refractivity contribution >= 4 is 12.1 Å². The molecule has 0 bridgehead atoms. The quantitative estimate of drug-likeness (QED) is 0.660. The first kappa shape index (κ1) is 13.1. The lowest BCUT2D eigenvalue weighted by Crippen LogP contribution is -2.16. The fourth-order valence-corrected chi connectivity index (χ4v) is 1.66. The van der Waals surface area contributed by atoms with Gasteiger partial charge < -0.3 is 4.42 Å². The molecule has 0 saturated heterocycles. The van der Waals surface area contributed by atoms with Gasteiger partial charge in [0, 0.05) is 6.21 Å². The highest BCUT2D eigenvalue weighted by atomic mass is 16.3. The number of hydrogen-bond acceptors (Lipinski definition) is 3. The number of amides is 1. The normalized spacial score (nSPS) is 10.8. The number of carbonyl (C=O) groups is 1. The highest BCUT2D eigenvalue weighted by Crippen LogP contribution is 2.05. The van der Waals surface area contributed by atoms with Gasteiger partial charge in [0.15, 0.2) is 5.76 Å². The van der Waals surface area contributed by atoms with E-state index in [1.807, 2.05) is 18.2 Å². The van der Waals surface area contributed by atoms with E-state index in [0.29, 0.717) is 5.76 Å². The van der Waals surface area contributed by atoms with Crippen LogP contribution in [0.5, 0.6) is 0 Å². The summed E-state index contributed by atoms with van der Waals surface area (Å²) in [5, 5.41) is 3.89. The van der Waals surface area contributed by atoms with Crippen LogP contribution in [0, 0.1) is 6.92 Å². The number of hydrazone groups is 1. The van der Waals surface area contributed by atoms with Crippen LogP contribution >= 0.6 is 0 Å². The Morgan fingerprint density at radius 1 is 1.26 bits per heavy atom. The molecule has 1 N–H and O–H groups in total. The Labute approximate surface area is 112 Å². The van der Waals surface area contributed by atoms with E-state index in [-0.39, 0.29) is 11.7 Å². The highest BCUT2D eigenvalue weighted by molar-refractivity contribution is 5.91. The minimum absolute atomic E-state index is 0.276. The Hall–Kier alpha value is -2.36. The monoisotopic (exact) mass is 256 g/mol. The number of rotatable bonds is 5. The van der Waals surface area contributed by atoms with Crippen molar-refractivity contribution in [1.82, 2.24) is 5.43 Å². The van der Waals surface area contributed by atoms with Gasteiger partial charge in [-0.2, -0.15) is 5.10 Å². The molecule has 0 fully saturated rings. The smallest absolute Gasteiger partial charge is 0.307 e. The standard InChI is InChI=1S/C15H16N2O2/c1-12-9-10-14(19-12)15(18)17-16-11-5-8-13-6-3-2-4-7-13/h2-4,6-7,9-11H,5,8H2,1H3,(H,17,18). The van der Waals surface area contributed by atoms with Gasteiger partial charge in [-0.3, -0.25) is 4.79 Å². The first-order chi connectivity index (χ1) is 9.25. The maximum atomic E-state index is 11.6. The highest BCUT2D eigenvalue weighted by Gasteiger charge is 2.07. The number of nitrogens with zero attached hydrogens (tertiary/aromatic N) is 1. The third-order valence-electron chi connectivity index (χ3n) is 2.63. The molecule has 1 heterocycles. The maximum absolute atomic E-state index is 11.6. The van der Waals surface area contributed by atoms with E-state index >= 15 is 0 Å². The molecule has 1 aromatic carbocycles. The van der Waals surface area contributed by atoms with E-state index in [4.69, 9.17) is 4.42 Å². The van der Waals surface area contributed by atoms with Crippen molar-refractivity contribution in [3.63, 3.8) is 0 Å². The molecule has 0 aliphatic rings. The molecule has 4 nitrogen and oxygen atoms in total. The summed E-state index contributed by atoms with van der Waals surface area (Å²) in [4.78, 5) is 11.6. The molecule has 1 aromatic heterocycles. The van der Waals surface area contributed by atoms with Crippen molar-refractivity contribution in [2.24, 2.45) is 5.10 Å². The van der Waals surface area contributed by atoms with Gasteiger partial charge in [-0.1, -0.05) is 30.3 Å². The molecule has 0 atom stereocenters. The number of furan rings is 1. The first-order valence-corrected chi connectivity index (χ1v) is 6.18. The Morgan fingerprint density at radius 2 is 2.05 bits per heavy atom. The predicted octanol–water partition coefficient (Wildman–Crippen LogP) is 2.94. The predicted molar refractivity (Wildman–Crippen MR) is 74.2 cm³/mol. The fourth-order valence-electron chi connectivity index (χ4n) is 1.66. The summed E-state index contributed by atoms with van der Waals surface area (Å²) in [6.07, 6.45) is 3.38. The molecular weight excluding hydrogens is 240 g/mol. The van der Waals surface area contributed by atoms with Crippen LogP contribution < -0.4 is 5.43 Å². The van der Waals surface area contributed by atoms with Crippen molar-refractivity contribution in [3.05, 3.63) is 59.5 Å². The fraction of sp³-hybridized carbons (Fsp3) is 0.200. The summed E-state index contributed by atoms with van der Waals surface area (Å²) < 4.78 is 5.19. The minimum atomic E-state index is -0.330. The number of hydrogen-bond donors (Lipinski definition) is 1. The third-order valence-corrected chi connectivity index (χ3v) is 2.63. The lowest BCUT2D eigenvalue weighted by molar-refractivity contribution is 0.0926. The zero-order chi connectivity index (χ0) is 13.5. The SMILES string of the molecule is Cc1ccc(C(=O)NN=CCCc2ccccc2)o1. The number of nitrogens with one attached hydrogen (secondary N) is 1. The molecule has 0 saturated carbocycles. The molecule has 0 aliphatic heterocycles. The summed E-state index contributed by atoms with van der Waals surface area (Å²) in [7, 11) is 0. The number of benzene rings is 1. The maximum Gasteiger partial charge on any atom is 0.307 e. The lowest BCUT2D eigenvalue weighted by Gasteiger charge is -1.97. The Bertz CT molecular complexity index is 559. The van der Waals surface area contributed by atoms with Crippen LogP contribution in [0.3, 0.4) is 0 Å². The van der Waals surface area contributed by atoms with Crippen LogP contribution in [-0.2, 0) is 6.42 Å². The average molecular weight is 256 g/mol. The summed E-state index contributed by atoms with van der Waals surface area (Å²) in [5.74, 6) is 0.653. The molecule has 2 aromatic rings. The number of aryl methyl sites for hydroxylation is 2. The molecule has 4 heteroatoms. The van der Waals surface area contributed by atoms with Crippen LogP contribution in [0.1, 0.15) is 28.3 Å². The molecule has 2 rings (SSSR count). The lowest BCUT2D eigenvalue weighted by atomic mass is 10.1. The Balaban J connectivity index is 1.73. The minimum Gasteiger partial charge on any atom is -0.456 e. The third kappa shape index (κ3) is 4.10. The summed E-state index contributed by atoms with van der Waals surface area (Å²) >= 11 is 0. The van der Waals surface area contributed by atoms with Crippen LogP contribution in [-0.4, -0.2) is 12.1 Å². The van der Waals surface area contributed by atoms with Gasteiger partial charge in [0.05, 0.1) is 0 Å². The average Bonchev–Trinajstić information content (AvgIpc) is 2.86. The van der Waals surface area contributed by atoms with E-state index in [2.05, 4.69) is 22.7 Å². The van der Waals surface area contributed by atoms with Gasteiger partial charge in [-0.25, -0.2) is 5.43 Å². The second-order valence-corrected chi connectivity index (χ2v) is 4.19. The van der Waals surface area contributed by atoms with Crippen molar-refractivity contribution in [3.8, 4) is 0 Å². The van der Waals surface area contributed by atoms with Gasteiger partial charge >= 0.3 is 5.91 Å². The van der Waals surface area contributed by atoms with Gasteiger partial charge in [0.2, 0.25) is 0 Å².